The zero-order valence-corrected chi connectivity index (χ0v) is 32.7. The van der Waals surface area contributed by atoms with E-state index in [1.54, 1.807) is 0 Å². The lowest BCUT2D eigenvalue weighted by molar-refractivity contribution is 0.677. The molecule has 0 saturated carbocycles. The van der Waals surface area contributed by atoms with Crippen LogP contribution < -0.4 is 0 Å². The monoisotopic (exact) mass is 779 g/mol. The van der Waals surface area contributed by atoms with Crippen LogP contribution in [-0.2, 0) is 0 Å². The predicted molar refractivity (Wildman–Crippen MR) is 250 cm³/mol. The Balaban J connectivity index is 1.01. The first-order valence-electron chi connectivity index (χ1n) is 20.5. The Bertz CT molecular complexity index is 3790. The quantitative estimate of drug-likeness (QED) is 0.175. The van der Waals surface area contributed by atoms with Crippen molar-refractivity contribution in [3.05, 3.63) is 200 Å². The second-order valence-electron chi connectivity index (χ2n) is 15.6. The van der Waals surface area contributed by atoms with E-state index in [1.807, 2.05) is 60.7 Å². The molecule has 6 heteroatoms. The summed E-state index contributed by atoms with van der Waals surface area (Å²) < 4.78 is 12.0. The van der Waals surface area contributed by atoms with Gasteiger partial charge in [-0.3, -0.25) is 0 Å². The Kier molecular flexibility index (Phi) is 7.21. The third-order valence-electron chi connectivity index (χ3n) is 12.2. The molecule has 0 spiro atoms. The van der Waals surface area contributed by atoms with E-state index >= 15 is 0 Å². The largest absolute Gasteiger partial charge is 0.455 e. The summed E-state index contributed by atoms with van der Waals surface area (Å²) in [6.07, 6.45) is 0. The van der Waals surface area contributed by atoms with E-state index in [9.17, 15) is 0 Å². The van der Waals surface area contributed by atoms with Gasteiger partial charge < -0.3 is 13.6 Å². The summed E-state index contributed by atoms with van der Waals surface area (Å²) in [7, 11) is 0. The summed E-state index contributed by atoms with van der Waals surface area (Å²) in [4.78, 5) is 14.8. The van der Waals surface area contributed by atoms with Crippen LogP contribution >= 0.6 is 0 Å². The van der Waals surface area contributed by atoms with Crippen LogP contribution in [0.3, 0.4) is 0 Å². The number of nitrogens with zero attached hydrogens (tertiary/aromatic N) is 5. The van der Waals surface area contributed by atoms with Crippen molar-refractivity contribution in [1.82, 2.24) is 24.1 Å². The molecule has 9 aromatic carbocycles. The van der Waals surface area contributed by atoms with E-state index in [-0.39, 0.29) is 0 Å². The molecule has 0 amide bonds. The SMILES string of the molecule is c1ccc(-c2nc(-c3ccccc3)nc(-c3ccc(-n4c5ccccc5c5c6oc7c(ccc8c7c7ccc9ccccc9c7n8-c7ccccc7)c6ccc54)cc3)n2)cc1. The van der Waals surface area contributed by atoms with Gasteiger partial charge in [-0.25, -0.2) is 15.0 Å². The molecular formula is C55H33N5O. The highest BCUT2D eigenvalue weighted by molar-refractivity contribution is 6.30. The molecule has 0 aliphatic heterocycles. The van der Waals surface area contributed by atoms with Crippen molar-refractivity contribution in [3.8, 4) is 45.5 Å². The molecule has 0 saturated heterocycles. The molecule has 0 radical (unpaired) electrons. The standard InChI is InChI=1S/C55H33N5O/c1-4-15-35(16-5-1)53-56-54(36-17-6-2-7-18-36)58-55(57-53)37-24-27-39(28-25-37)59-45-23-13-12-22-43(45)48-46(59)32-30-41-42-31-33-47-49(52(42)61-51(41)48)44-29-26-34-14-10-11-21-40(34)50(44)60(47)38-19-8-3-9-20-38/h1-33H. The Morgan fingerprint density at radius 1 is 0.311 bits per heavy atom. The van der Waals surface area contributed by atoms with Crippen molar-refractivity contribution in [2.75, 3.05) is 0 Å². The molecule has 13 rings (SSSR count). The zero-order chi connectivity index (χ0) is 40.0. The van der Waals surface area contributed by atoms with Gasteiger partial charge in [0.1, 0.15) is 11.2 Å². The van der Waals surface area contributed by atoms with Gasteiger partial charge in [-0.1, -0.05) is 133 Å². The number of hydrogen-bond donors (Lipinski definition) is 0. The maximum Gasteiger partial charge on any atom is 0.164 e. The van der Waals surface area contributed by atoms with Gasteiger partial charge >= 0.3 is 0 Å². The third kappa shape index (κ3) is 5.06. The fraction of sp³-hybridized carbons (Fsp3) is 0. The summed E-state index contributed by atoms with van der Waals surface area (Å²) >= 11 is 0. The zero-order valence-electron chi connectivity index (χ0n) is 32.7. The van der Waals surface area contributed by atoms with Crippen molar-refractivity contribution in [3.63, 3.8) is 0 Å². The summed E-state index contributed by atoms with van der Waals surface area (Å²) in [6, 6.07) is 70.1. The number of aromatic nitrogens is 5. The highest BCUT2D eigenvalue weighted by Crippen LogP contribution is 2.46. The average molecular weight is 780 g/mol. The number of hydrogen-bond acceptors (Lipinski definition) is 4. The first-order chi connectivity index (χ1) is 30.3. The van der Waals surface area contributed by atoms with Gasteiger partial charge in [0.05, 0.1) is 32.8 Å². The van der Waals surface area contributed by atoms with E-state index in [1.165, 1.54) is 21.7 Å². The van der Waals surface area contributed by atoms with Crippen LogP contribution in [0.15, 0.2) is 205 Å². The maximum absolute atomic E-state index is 7.23. The molecule has 6 nitrogen and oxygen atoms in total. The Morgan fingerprint density at radius 2 is 0.787 bits per heavy atom. The lowest BCUT2D eigenvalue weighted by Gasteiger charge is -2.10. The molecule has 13 aromatic rings. The van der Waals surface area contributed by atoms with Gasteiger partial charge in [0.2, 0.25) is 0 Å². The summed E-state index contributed by atoms with van der Waals surface area (Å²) in [5.41, 5.74) is 11.2. The van der Waals surface area contributed by atoms with E-state index < -0.39 is 0 Å². The highest BCUT2D eigenvalue weighted by Gasteiger charge is 2.23. The molecular weight excluding hydrogens is 747 g/mol. The fourth-order valence-electron chi connectivity index (χ4n) is 9.42. The van der Waals surface area contributed by atoms with Crippen LogP contribution in [0.25, 0.3) is 122 Å². The van der Waals surface area contributed by atoms with Crippen LogP contribution in [0, 0.1) is 0 Å². The number of benzene rings is 9. The molecule has 0 aliphatic rings. The van der Waals surface area contributed by atoms with Gasteiger partial charge in [-0.2, -0.15) is 0 Å². The third-order valence-corrected chi connectivity index (χ3v) is 12.2. The van der Waals surface area contributed by atoms with Crippen molar-refractivity contribution >= 4 is 76.3 Å². The molecule has 4 heterocycles. The average Bonchev–Trinajstić information content (AvgIpc) is 4.00. The minimum absolute atomic E-state index is 0.624. The summed E-state index contributed by atoms with van der Waals surface area (Å²) in [5.74, 6) is 1.90. The Hall–Kier alpha value is -8.35. The van der Waals surface area contributed by atoms with E-state index in [4.69, 9.17) is 19.4 Å². The summed E-state index contributed by atoms with van der Waals surface area (Å²) in [6.45, 7) is 0. The van der Waals surface area contributed by atoms with Crippen LogP contribution in [-0.4, -0.2) is 24.1 Å². The molecule has 0 atom stereocenters. The number of para-hydroxylation sites is 2. The molecule has 4 aromatic heterocycles. The van der Waals surface area contributed by atoms with E-state index in [2.05, 4.69) is 149 Å². The molecule has 0 aliphatic carbocycles. The first-order valence-corrected chi connectivity index (χ1v) is 20.5. The van der Waals surface area contributed by atoms with Crippen molar-refractivity contribution in [2.45, 2.75) is 0 Å². The minimum Gasteiger partial charge on any atom is -0.455 e. The minimum atomic E-state index is 0.624. The lowest BCUT2D eigenvalue weighted by Crippen LogP contribution is -2.00. The van der Waals surface area contributed by atoms with Gasteiger partial charge in [0.25, 0.3) is 0 Å². The molecule has 0 fully saturated rings. The van der Waals surface area contributed by atoms with Gasteiger partial charge in [-0.15, -0.1) is 0 Å². The van der Waals surface area contributed by atoms with Crippen molar-refractivity contribution in [1.29, 1.82) is 0 Å². The topological polar surface area (TPSA) is 61.7 Å². The normalized spacial score (nSPS) is 11.9. The number of furan rings is 1. The lowest BCUT2D eigenvalue weighted by atomic mass is 10.0. The Labute approximate surface area is 349 Å². The van der Waals surface area contributed by atoms with Crippen LogP contribution in [0.1, 0.15) is 0 Å². The van der Waals surface area contributed by atoms with Crippen LogP contribution in [0.2, 0.25) is 0 Å². The number of fused-ring (bicyclic) bond motifs is 13. The van der Waals surface area contributed by atoms with Crippen molar-refractivity contribution in [2.24, 2.45) is 0 Å². The molecule has 0 unspecified atom stereocenters. The van der Waals surface area contributed by atoms with E-state index in [0.717, 1.165) is 82.7 Å². The Morgan fingerprint density at radius 3 is 1.43 bits per heavy atom. The van der Waals surface area contributed by atoms with E-state index in [0.29, 0.717) is 17.5 Å². The van der Waals surface area contributed by atoms with Gasteiger partial charge in [0.15, 0.2) is 17.5 Å². The first kappa shape index (κ1) is 33.6. The van der Waals surface area contributed by atoms with Crippen molar-refractivity contribution < 1.29 is 4.42 Å². The second-order valence-corrected chi connectivity index (χ2v) is 15.6. The van der Waals surface area contributed by atoms with Gasteiger partial charge in [0, 0.05) is 55.0 Å². The summed E-state index contributed by atoms with van der Waals surface area (Å²) in [5, 5.41) is 9.15. The molecule has 0 bridgehead atoms. The molecule has 284 valence electrons. The van der Waals surface area contributed by atoms with Crippen LogP contribution in [0.5, 0.6) is 0 Å². The van der Waals surface area contributed by atoms with Crippen LogP contribution in [0.4, 0.5) is 0 Å². The second kappa shape index (κ2) is 13.1. The predicted octanol–water partition coefficient (Wildman–Crippen LogP) is 14.1. The molecule has 61 heavy (non-hydrogen) atoms. The van der Waals surface area contributed by atoms with Gasteiger partial charge in [-0.05, 0) is 72.1 Å². The maximum atomic E-state index is 7.23. The highest BCUT2D eigenvalue weighted by atomic mass is 16.3. The smallest absolute Gasteiger partial charge is 0.164 e. The molecule has 0 N–H and O–H groups in total. The fourth-order valence-corrected chi connectivity index (χ4v) is 9.42. The number of rotatable bonds is 5.